The summed E-state index contributed by atoms with van der Waals surface area (Å²) >= 11 is 0. The number of carbonyl (C=O) groups excluding carboxylic acids is 2. The molecule has 0 unspecified atom stereocenters. The molecular weight excluding hydrogens is 418 g/mol. The number of likely N-dealkylation sites (tertiary alicyclic amines) is 1. The number of fused-ring (bicyclic) bond motifs is 1. The van der Waals surface area contributed by atoms with Crippen molar-refractivity contribution in [2.75, 3.05) is 14.2 Å². The molecule has 2 aromatic rings. The highest BCUT2D eigenvalue weighted by Gasteiger charge is 2.60. The van der Waals surface area contributed by atoms with E-state index in [1.807, 2.05) is 53.5 Å². The van der Waals surface area contributed by atoms with Gasteiger partial charge < -0.3 is 9.47 Å². The van der Waals surface area contributed by atoms with Crippen molar-refractivity contribution in [2.45, 2.75) is 56.8 Å². The largest absolute Gasteiger partial charge is 0.497 e. The predicted molar refractivity (Wildman–Crippen MR) is 123 cm³/mol. The standard InChI is InChI=1S/C26H31N3O4/c1-32-19-13-14-20(21(15-19)33-2)23-22-24(28(27-23)16-17-9-5-3-6-10-17)26(31)29(25(22)30)18-11-7-4-8-12-18/h3,5-6,9-10,13-15,18,22-24,27H,4,7-8,11-12,16H2,1-2H3/t22-,23+,24-/m1/s1. The Kier molecular flexibility index (Phi) is 6.08. The van der Waals surface area contributed by atoms with Crippen LogP contribution in [0.25, 0.3) is 0 Å². The van der Waals surface area contributed by atoms with Gasteiger partial charge >= 0.3 is 0 Å². The number of hydrazine groups is 1. The molecule has 5 rings (SSSR count). The fourth-order valence-corrected chi connectivity index (χ4v) is 5.65. The molecule has 2 aromatic carbocycles. The summed E-state index contributed by atoms with van der Waals surface area (Å²) in [5.74, 6) is 0.691. The first-order valence-corrected chi connectivity index (χ1v) is 11.8. The average molecular weight is 450 g/mol. The molecule has 1 N–H and O–H groups in total. The quantitative estimate of drug-likeness (QED) is 0.681. The lowest BCUT2D eigenvalue weighted by Gasteiger charge is -2.32. The van der Waals surface area contributed by atoms with Crippen LogP contribution < -0.4 is 14.9 Å². The number of hydrogen-bond donors (Lipinski definition) is 1. The number of hydrogen-bond acceptors (Lipinski definition) is 6. The zero-order valence-corrected chi connectivity index (χ0v) is 19.2. The van der Waals surface area contributed by atoms with Gasteiger partial charge in [-0.05, 0) is 30.5 Å². The number of amides is 2. The Morgan fingerprint density at radius 1 is 0.939 bits per heavy atom. The van der Waals surface area contributed by atoms with E-state index in [4.69, 9.17) is 9.47 Å². The van der Waals surface area contributed by atoms with Crippen molar-refractivity contribution in [2.24, 2.45) is 5.92 Å². The molecule has 3 atom stereocenters. The van der Waals surface area contributed by atoms with Gasteiger partial charge in [-0.1, -0.05) is 49.6 Å². The van der Waals surface area contributed by atoms with E-state index in [-0.39, 0.29) is 23.9 Å². The SMILES string of the molecule is COc1ccc([C@@H]2NN(Cc3ccccc3)[C@H]3C(=O)N(C4CCCCC4)C(=O)[C@H]23)c(OC)c1. The van der Waals surface area contributed by atoms with E-state index in [1.54, 1.807) is 19.1 Å². The normalized spacial score (nSPS) is 26.0. The van der Waals surface area contributed by atoms with Crippen LogP contribution in [0.15, 0.2) is 48.5 Å². The van der Waals surface area contributed by atoms with Crippen LogP contribution in [0, 0.1) is 5.92 Å². The fraction of sp³-hybridized carbons (Fsp3) is 0.462. The third-order valence-electron chi connectivity index (χ3n) is 7.26. The van der Waals surface area contributed by atoms with Gasteiger partial charge in [0.15, 0.2) is 0 Å². The van der Waals surface area contributed by atoms with E-state index in [2.05, 4.69) is 5.43 Å². The second-order valence-corrected chi connectivity index (χ2v) is 9.14. The Labute approximate surface area is 194 Å². The summed E-state index contributed by atoms with van der Waals surface area (Å²) in [6.07, 6.45) is 5.11. The van der Waals surface area contributed by atoms with Crippen LogP contribution in [0.4, 0.5) is 0 Å². The van der Waals surface area contributed by atoms with Crippen LogP contribution in [-0.4, -0.2) is 48.0 Å². The Balaban J connectivity index is 1.52. The molecule has 33 heavy (non-hydrogen) atoms. The summed E-state index contributed by atoms with van der Waals surface area (Å²) in [5.41, 5.74) is 5.44. The summed E-state index contributed by atoms with van der Waals surface area (Å²) < 4.78 is 11.0. The van der Waals surface area contributed by atoms with E-state index >= 15 is 0 Å². The molecular formula is C26H31N3O4. The number of benzene rings is 2. The Hall–Kier alpha value is -2.90. The van der Waals surface area contributed by atoms with Crippen molar-refractivity contribution in [1.82, 2.24) is 15.3 Å². The van der Waals surface area contributed by atoms with Crippen molar-refractivity contribution in [3.63, 3.8) is 0 Å². The summed E-state index contributed by atoms with van der Waals surface area (Å²) in [6, 6.07) is 14.8. The monoisotopic (exact) mass is 449 g/mol. The lowest BCUT2D eigenvalue weighted by Crippen LogP contribution is -2.48. The summed E-state index contributed by atoms with van der Waals surface area (Å²) in [6.45, 7) is 0.536. The summed E-state index contributed by atoms with van der Waals surface area (Å²) in [4.78, 5) is 29.1. The summed E-state index contributed by atoms with van der Waals surface area (Å²) in [5, 5.41) is 1.96. The van der Waals surface area contributed by atoms with Gasteiger partial charge in [0.25, 0.3) is 0 Å². The zero-order valence-electron chi connectivity index (χ0n) is 19.2. The number of methoxy groups -OCH3 is 2. The first kappa shape index (κ1) is 21.9. The molecule has 7 nitrogen and oxygen atoms in total. The van der Waals surface area contributed by atoms with Crippen molar-refractivity contribution < 1.29 is 19.1 Å². The minimum atomic E-state index is -0.531. The second-order valence-electron chi connectivity index (χ2n) is 9.14. The average Bonchev–Trinajstić information content (AvgIpc) is 3.35. The van der Waals surface area contributed by atoms with Gasteiger partial charge in [-0.15, -0.1) is 0 Å². The van der Waals surface area contributed by atoms with Crippen molar-refractivity contribution in [3.8, 4) is 11.5 Å². The molecule has 3 fully saturated rings. The number of imide groups is 1. The van der Waals surface area contributed by atoms with Crippen molar-refractivity contribution in [1.29, 1.82) is 0 Å². The van der Waals surface area contributed by atoms with Gasteiger partial charge in [0.05, 0.1) is 26.2 Å². The number of ether oxygens (including phenoxy) is 2. The maximum Gasteiger partial charge on any atom is 0.249 e. The smallest absolute Gasteiger partial charge is 0.249 e. The Bertz CT molecular complexity index is 1020. The predicted octanol–water partition coefficient (Wildman–Crippen LogP) is 3.45. The summed E-state index contributed by atoms with van der Waals surface area (Å²) in [7, 11) is 3.23. The molecule has 7 heteroatoms. The minimum absolute atomic E-state index is 0.0151. The molecule has 0 bridgehead atoms. The third kappa shape index (κ3) is 3.89. The minimum Gasteiger partial charge on any atom is -0.497 e. The van der Waals surface area contributed by atoms with Crippen molar-refractivity contribution in [3.05, 3.63) is 59.7 Å². The second kappa shape index (κ2) is 9.15. The molecule has 1 aliphatic carbocycles. The molecule has 1 saturated carbocycles. The Morgan fingerprint density at radius 3 is 2.39 bits per heavy atom. The number of nitrogens with one attached hydrogen (secondary N) is 1. The molecule has 2 amide bonds. The van der Waals surface area contributed by atoms with Crippen molar-refractivity contribution >= 4 is 11.8 Å². The van der Waals surface area contributed by atoms with E-state index in [9.17, 15) is 9.59 Å². The van der Waals surface area contributed by atoms with Crippen LogP contribution in [0.2, 0.25) is 0 Å². The topological polar surface area (TPSA) is 71.1 Å². The molecule has 2 heterocycles. The first-order valence-electron chi connectivity index (χ1n) is 11.8. The molecule has 2 saturated heterocycles. The van der Waals surface area contributed by atoms with Gasteiger partial charge in [-0.3, -0.25) is 14.5 Å². The molecule has 3 aliphatic rings. The lowest BCUT2D eigenvalue weighted by atomic mass is 9.90. The van der Waals surface area contributed by atoms with Crippen LogP contribution in [0.5, 0.6) is 11.5 Å². The van der Waals surface area contributed by atoms with Gasteiger partial charge in [-0.25, -0.2) is 10.4 Å². The third-order valence-corrected chi connectivity index (χ3v) is 7.26. The highest BCUT2D eigenvalue weighted by atomic mass is 16.5. The van der Waals surface area contributed by atoms with Crippen LogP contribution in [-0.2, 0) is 16.1 Å². The zero-order chi connectivity index (χ0) is 22.9. The fourth-order valence-electron chi connectivity index (χ4n) is 5.65. The first-order chi connectivity index (χ1) is 16.1. The van der Waals surface area contributed by atoms with E-state index < -0.39 is 12.0 Å². The number of carbonyl (C=O) groups is 2. The van der Waals surface area contributed by atoms with Crippen LogP contribution in [0.3, 0.4) is 0 Å². The van der Waals surface area contributed by atoms with Gasteiger partial charge in [-0.2, -0.15) is 0 Å². The van der Waals surface area contributed by atoms with E-state index in [1.165, 1.54) is 6.42 Å². The lowest BCUT2D eigenvalue weighted by molar-refractivity contribution is -0.145. The van der Waals surface area contributed by atoms with Gasteiger partial charge in [0.1, 0.15) is 17.5 Å². The highest BCUT2D eigenvalue weighted by Crippen LogP contribution is 2.45. The molecule has 0 radical (unpaired) electrons. The number of rotatable bonds is 6. The molecule has 0 spiro atoms. The highest BCUT2D eigenvalue weighted by molar-refractivity contribution is 6.08. The van der Waals surface area contributed by atoms with E-state index in [0.29, 0.717) is 18.0 Å². The maximum atomic E-state index is 13.8. The molecule has 0 aromatic heterocycles. The number of nitrogens with zero attached hydrogens (tertiary/aromatic N) is 2. The molecule has 174 valence electrons. The maximum absolute atomic E-state index is 13.8. The molecule has 2 aliphatic heterocycles. The van der Waals surface area contributed by atoms with E-state index in [0.717, 1.165) is 36.8 Å². The van der Waals surface area contributed by atoms with Gasteiger partial charge in [0, 0.05) is 24.2 Å². The Morgan fingerprint density at radius 2 is 1.70 bits per heavy atom. The van der Waals surface area contributed by atoms with Crippen LogP contribution in [0.1, 0.15) is 49.3 Å². The van der Waals surface area contributed by atoms with Gasteiger partial charge in [0.2, 0.25) is 11.8 Å². The van der Waals surface area contributed by atoms with Crippen LogP contribution >= 0.6 is 0 Å².